The Morgan fingerprint density at radius 2 is 1.89 bits per heavy atom. The van der Waals surface area contributed by atoms with E-state index in [9.17, 15) is 4.39 Å². The van der Waals surface area contributed by atoms with Crippen LogP contribution in [0.2, 0.25) is 5.15 Å². The van der Waals surface area contributed by atoms with Gasteiger partial charge in [0.15, 0.2) is 0 Å². The van der Waals surface area contributed by atoms with Crippen LogP contribution < -0.4 is 4.90 Å². The Hall–Kier alpha value is -1.68. The molecule has 0 aliphatic carbocycles. The van der Waals surface area contributed by atoms with E-state index in [1.54, 1.807) is 6.20 Å². The van der Waals surface area contributed by atoms with Crippen molar-refractivity contribution in [2.24, 2.45) is 0 Å². The van der Waals surface area contributed by atoms with Gasteiger partial charge in [0, 0.05) is 25.4 Å². The Morgan fingerprint density at radius 1 is 1.11 bits per heavy atom. The highest BCUT2D eigenvalue weighted by atomic mass is 35.5. The normalized spacial score (nSPS) is 14.9. The molecule has 3 nitrogen and oxygen atoms in total. The zero-order valence-corrected chi connectivity index (χ0v) is 11.1. The molecule has 3 rings (SSSR count). The molecular formula is C14H13ClFN3. The molecule has 19 heavy (non-hydrogen) atoms. The molecule has 98 valence electrons. The van der Waals surface area contributed by atoms with Crippen molar-refractivity contribution in [2.75, 3.05) is 18.0 Å². The van der Waals surface area contributed by atoms with Crippen LogP contribution in [0.1, 0.15) is 12.8 Å². The number of hydrogen-bond donors (Lipinski definition) is 0. The lowest BCUT2D eigenvalue weighted by atomic mass is 10.2. The first-order valence-corrected chi connectivity index (χ1v) is 6.64. The van der Waals surface area contributed by atoms with Gasteiger partial charge < -0.3 is 4.90 Å². The number of aromatic nitrogens is 2. The van der Waals surface area contributed by atoms with Crippen molar-refractivity contribution in [3.63, 3.8) is 0 Å². The van der Waals surface area contributed by atoms with Gasteiger partial charge in [0.05, 0.1) is 23.1 Å². The third-order valence-electron chi connectivity index (χ3n) is 3.32. The van der Waals surface area contributed by atoms with E-state index in [-0.39, 0.29) is 5.15 Å². The first-order valence-electron chi connectivity index (χ1n) is 6.26. The molecule has 0 atom stereocenters. The van der Waals surface area contributed by atoms with Gasteiger partial charge in [-0.3, -0.25) is 4.98 Å². The minimum atomic E-state index is -0.401. The summed E-state index contributed by atoms with van der Waals surface area (Å²) in [7, 11) is 0. The van der Waals surface area contributed by atoms with Gasteiger partial charge in [0.25, 0.3) is 0 Å². The molecule has 1 saturated heterocycles. The highest BCUT2D eigenvalue weighted by molar-refractivity contribution is 6.29. The Balaban J connectivity index is 1.89. The monoisotopic (exact) mass is 277 g/mol. The van der Waals surface area contributed by atoms with E-state index in [1.807, 2.05) is 12.1 Å². The number of pyridine rings is 2. The van der Waals surface area contributed by atoms with Crippen LogP contribution in [0.15, 0.2) is 30.6 Å². The van der Waals surface area contributed by atoms with Crippen LogP contribution in [-0.4, -0.2) is 23.1 Å². The molecule has 0 bridgehead atoms. The third-order valence-corrected chi connectivity index (χ3v) is 3.52. The minimum Gasteiger partial charge on any atom is -0.370 e. The smallest absolute Gasteiger partial charge is 0.137 e. The highest BCUT2D eigenvalue weighted by Gasteiger charge is 2.13. The predicted molar refractivity (Wildman–Crippen MR) is 73.9 cm³/mol. The fourth-order valence-electron chi connectivity index (χ4n) is 2.30. The lowest BCUT2D eigenvalue weighted by Crippen LogP contribution is -2.17. The maximum Gasteiger partial charge on any atom is 0.137 e. The summed E-state index contributed by atoms with van der Waals surface area (Å²) >= 11 is 5.64. The second kappa shape index (κ2) is 5.13. The average molecular weight is 278 g/mol. The summed E-state index contributed by atoms with van der Waals surface area (Å²) in [4.78, 5) is 10.5. The second-order valence-electron chi connectivity index (χ2n) is 4.58. The maximum atomic E-state index is 13.8. The van der Waals surface area contributed by atoms with Crippen LogP contribution in [0.5, 0.6) is 0 Å². The van der Waals surface area contributed by atoms with Crippen LogP contribution in [-0.2, 0) is 0 Å². The Morgan fingerprint density at radius 3 is 2.53 bits per heavy atom. The van der Waals surface area contributed by atoms with Crippen LogP contribution in [0.25, 0.3) is 11.3 Å². The Kier molecular flexibility index (Phi) is 3.34. The van der Waals surface area contributed by atoms with E-state index in [1.165, 1.54) is 25.1 Å². The molecule has 0 aromatic carbocycles. The molecule has 2 aromatic heterocycles. The third kappa shape index (κ3) is 2.54. The molecule has 1 aliphatic rings. The van der Waals surface area contributed by atoms with Crippen molar-refractivity contribution in [2.45, 2.75) is 12.8 Å². The van der Waals surface area contributed by atoms with Crippen molar-refractivity contribution in [3.05, 3.63) is 41.6 Å². The molecule has 0 radical (unpaired) electrons. The molecular weight excluding hydrogens is 265 g/mol. The Bertz CT molecular complexity index is 580. The Labute approximate surface area is 116 Å². The summed E-state index contributed by atoms with van der Waals surface area (Å²) in [6.45, 7) is 2.13. The standard InChI is InChI=1S/C14H13ClFN3/c15-14-7-12(16)11(9-18-14)13-4-3-10(8-17-13)19-5-1-2-6-19/h3-4,7-9H,1-2,5-6H2. The number of rotatable bonds is 2. The molecule has 2 aromatic rings. The fraction of sp³-hybridized carbons (Fsp3) is 0.286. The fourth-order valence-corrected chi connectivity index (χ4v) is 2.45. The molecule has 3 heterocycles. The largest absolute Gasteiger partial charge is 0.370 e. The molecule has 0 N–H and O–H groups in total. The van der Waals surface area contributed by atoms with Gasteiger partial charge in [0.2, 0.25) is 0 Å². The van der Waals surface area contributed by atoms with Gasteiger partial charge in [-0.25, -0.2) is 9.37 Å². The predicted octanol–water partition coefficient (Wildman–Crippen LogP) is 3.54. The maximum absolute atomic E-state index is 13.8. The SMILES string of the molecule is Fc1cc(Cl)ncc1-c1ccc(N2CCCC2)cn1. The van der Waals surface area contributed by atoms with Crippen LogP contribution >= 0.6 is 11.6 Å². The van der Waals surface area contributed by atoms with E-state index in [2.05, 4.69) is 14.9 Å². The molecule has 1 fully saturated rings. The van der Waals surface area contributed by atoms with Gasteiger partial charge in [-0.15, -0.1) is 0 Å². The first-order chi connectivity index (χ1) is 9.24. The van der Waals surface area contributed by atoms with Crippen molar-refractivity contribution in [1.82, 2.24) is 9.97 Å². The topological polar surface area (TPSA) is 29.0 Å². The van der Waals surface area contributed by atoms with Crippen molar-refractivity contribution >= 4 is 17.3 Å². The lowest BCUT2D eigenvalue weighted by Gasteiger charge is -2.17. The summed E-state index contributed by atoms with van der Waals surface area (Å²) in [5.41, 5.74) is 2.03. The van der Waals surface area contributed by atoms with Gasteiger partial charge >= 0.3 is 0 Å². The van der Waals surface area contributed by atoms with Crippen molar-refractivity contribution < 1.29 is 4.39 Å². The summed E-state index contributed by atoms with van der Waals surface area (Å²) in [6, 6.07) is 5.00. The van der Waals surface area contributed by atoms with E-state index in [0.29, 0.717) is 11.3 Å². The molecule has 0 unspecified atom stereocenters. The molecule has 0 spiro atoms. The second-order valence-corrected chi connectivity index (χ2v) is 4.97. The highest BCUT2D eigenvalue weighted by Crippen LogP contribution is 2.25. The first kappa shape index (κ1) is 12.4. The van der Waals surface area contributed by atoms with Gasteiger partial charge in [-0.2, -0.15) is 0 Å². The van der Waals surface area contributed by atoms with Crippen LogP contribution in [0.3, 0.4) is 0 Å². The van der Waals surface area contributed by atoms with E-state index < -0.39 is 5.82 Å². The number of nitrogens with zero attached hydrogens (tertiary/aromatic N) is 3. The number of halogens is 2. The van der Waals surface area contributed by atoms with Crippen LogP contribution in [0.4, 0.5) is 10.1 Å². The zero-order chi connectivity index (χ0) is 13.2. The number of anilines is 1. The summed E-state index contributed by atoms with van der Waals surface area (Å²) in [5.74, 6) is -0.401. The molecule has 0 amide bonds. The van der Waals surface area contributed by atoms with Crippen LogP contribution in [0, 0.1) is 5.82 Å². The minimum absolute atomic E-state index is 0.148. The van der Waals surface area contributed by atoms with Crippen molar-refractivity contribution in [1.29, 1.82) is 0 Å². The molecule has 1 aliphatic heterocycles. The van der Waals surface area contributed by atoms with E-state index in [4.69, 9.17) is 11.6 Å². The lowest BCUT2D eigenvalue weighted by molar-refractivity contribution is 0.628. The quantitative estimate of drug-likeness (QED) is 0.786. The summed E-state index contributed by atoms with van der Waals surface area (Å²) < 4.78 is 13.8. The van der Waals surface area contributed by atoms with Gasteiger partial charge in [-0.05, 0) is 25.0 Å². The zero-order valence-electron chi connectivity index (χ0n) is 10.3. The van der Waals surface area contributed by atoms with E-state index >= 15 is 0 Å². The summed E-state index contributed by atoms with van der Waals surface area (Å²) in [6.07, 6.45) is 5.64. The van der Waals surface area contributed by atoms with Gasteiger partial charge in [-0.1, -0.05) is 11.6 Å². The molecule has 0 saturated carbocycles. The average Bonchev–Trinajstić information content (AvgIpc) is 2.93. The molecule has 5 heteroatoms. The number of hydrogen-bond acceptors (Lipinski definition) is 3. The summed E-state index contributed by atoms with van der Waals surface area (Å²) in [5, 5.41) is 0.148. The van der Waals surface area contributed by atoms with Gasteiger partial charge in [0.1, 0.15) is 11.0 Å². The van der Waals surface area contributed by atoms with E-state index in [0.717, 1.165) is 18.8 Å². The van der Waals surface area contributed by atoms with Crippen molar-refractivity contribution in [3.8, 4) is 11.3 Å².